The summed E-state index contributed by atoms with van der Waals surface area (Å²) in [6, 6.07) is 8.86. The van der Waals surface area contributed by atoms with E-state index in [9.17, 15) is 4.79 Å². The van der Waals surface area contributed by atoms with Gasteiger partial charge in [-0.3, -0.25) is 4.79 Å². The first-order chi connectivity index (χ1) is 9.27. The predicted octanol–water partition coefficient (Wildman–Crippen LogP) is 2.13. The third kappa shape index (κ3) is 2.39. The Hall–Kier alpha value is -1.35. The van der Waals surface area contributed by atoms with Crippen LogP contribution >= 0.6 is 0 Å². The lowest BCUT2D eigenvalue weighted by Crippen LogP contribution is -2.38. The van der Waals surface area contributed by atoms with Crippen LogP contribution in [0.15, 0.2) is 24.3 Å². The van der Waals surface area contributed by atoms with E-state index in [0.29, 0.717) is 5.91 Å². The van der Waals surface area contributed by atoms with Gasteiger partial charge in [0.05, 0.1) is 12.0 Å². The third-order valence-corrected chi connectivity index (χ3v) is 4.56. The van der Waals surface area contributed by atoms with Gasteiger partial charge in [-0.1, -0.05) is 24.3 Å². The lowest BCUT2D eigenvalue weighted by Gasteiger charge is -2.34. The Kier molecular flexibility index (Phi) is 3.56. The van der Waals surface area contributed by atoms with Gasteiger partial charge in [0.1, 0.15) is 0 Å². The van der Waals surface area contributed by atoms with E-state index in [4.69, 9.17) is 0 Å². The van der Waals surface area contributed by atoms with Gasteiger partial charge in [0.2, 0.25) is 5.91 Å². The van der Waals surface area contributed by atoms with E-state index in [0.717, 1.165) is 32.4 Å². The molecule has 1 fully saturated rings. The molecule has 1 saturated heterocycles. The normalized spacial score (nSPS) is 25.9. The predicted molar refractivity (Wildman–Crippen MR) is 75.9 cm³/mol. The second-order valence-corrected chi connectivity index (χ2v) is 5.75. The van der Waals surface area contributed by atoms with Crippen molar-refractivity contribution >= 4 is 5.91 Å². The van der Waals surface area contributed by atoms with Crippen molar-refractivity contribution in [2.75, 3.05) is 20.1 Å². The van der Waals surface area contributed by atoms with Gasteiger partial charge >= 0.3 is 0 Å². The van der Waals surface area contributed by atoms with Crippen LogP contribution in [0.4, 0.5) is 0 Å². The summed E-state index contributed by atoms with van der Waals surface area (Å²) in [5, 5.41) is 3.28. The number of benzene rings is 1. The number of fused-ring (bicyclic) bond motifs is 1. The zero-order valence-corrected chi connectivity index (χ0v) is 11.6. The Morgan fingerprint density at radius 1 is 1.32 bits per heavy atom. The molecule has 2 aliphatic rings. The minimum absolute atomic E-state index is 0.180. The van der Waals surface area contributed by atoms with Crippen molar-refractivity contribution in [2.24, 2.45) is 5.92 Å². The molecule has 19 heavy (non-hydrogen) atoms. The number of rotatable bonds is 2. The van der Waals surface area contributed by atoms with E-state index in [2.05, 4.69) is 29.6 Å². The Morgan fingerprint density at radius 3 is 2.95 bits per heavy atom. The lowest BCUT2D eigenvalue weighted by molar-refractivity contribution is -0.136. The van der Waals surface area contributed by atoms with E-state index >= 15 is 0 Å². The molecule has 102 valence electrons. The monoisotopic (exact) mass is 258 g/mol. The first kappa shape index (κ1) is 12.7. The minimum atomic E-state index is 0.180. The number of hydrogen-bond acceptors (Lipinski definition) is 2. The van der Waals surface area contributed by atoms with Crippen LogP contribution in [-0.2, 0) is 11.2 Å². The number of aryl methyl sites for hydroxylation is 1. The Balaban J connectivity index is 1.80. The molecule has 0 spiro atoms. The van der Waals surface area contributed by atoms with E-state index in [-0.39, 0.29) is 12.0 Å². The maximum Gasteiger partial charge on any atom is 0.227 e. The average molecular weight is 258 g/mol. The van der Waals surface area contributed by atoms with Crippen molar-refractivity contribution in [1.82, 2.24) is 10.2 Å². The number of nitrogens with zero attached hydrogens (tertiary/aromatic N) is 1. The lowest BCUT2D eigenvalue weighted by atomic mass is 9.86. The number of carbonyl (C=O) groups excluding carboxylic acids is 1. The van der Waals surface area contributed by atoms with Crippen LogP contribution in [0.3, 0.4) is 0 Å². The molecule has 1 amide bonds. The van der Waals surface area contributed by atoms with E-state index in [1.165, 1.54) is 17.5 Å². The second kappa shape index (κ2) is 5.33. The quantitative estimate of drug-likeness (QED) is 0.881. The summed E-state index contributed by atoms with van der Waals surface area (Å²) in [5.41, 5.74) is 2.78. The molecule has 0 aromatic heterocycles. The second-order valence-electron chi connectivity index (χ2n) is 5.75. The maximum atomic E-state index is 12.5. The molecule has 1 N–H and O–H groups in total. The summed E-state index contributed by atoms with van der Waals surface area (Å²) in [7, 11) is 1.98. The minimum Gasteiger partial charge on any atom is -0.338 e. The van der Waals surface area contributed by atoms with Gasteiger partial charge in [0, 0.05) is 13.6 Å². The summed E-state index contributed by atoms with van der Waals surface area (Å²) >= 11 is 0. The highest BCUT2D eigenvalue weighted by Crippen LogP contribution is 2.34. The molecule has 0 bridgehead atoms. The number of amides is 1. The zero-order chi connectivity index (χ0) is 13.2. The largest absolute Gasteiger partial charge is 0.338 e. The van der Waals surface area contributed by atoms with Crippen LogP contribution in [-0.4, -0.2) is 30.9 Å². The number of carbonyl (C=O) groups is 1. The highest BCUT2D eigenvalue weighted by Gasteiger charge is 2.31. The third-order valence-electron chi connectivity index (χ3n) is 4.56. The van der Waals surface area contributed by atoms with Crippen LogP contribution in [0.1, 0.15) is 36.4 Å². The molecular weight excluding hydrogens is 236 g/mol. The number of nitrogens with one attached hydrogen (secondary N) is 1. The van der Waals surface area contributed by atoms with Crippen LogP contribution in [0.25, 0.3) is 0 Å². The van der Waals surface area contributed by atoms with Crippen LogP contribution in [0.5, 0.6) is 0 Å². The molecule has 2 atom stereocenters. The van der Waals surface area contributed by atoms with Gasteiger partial charge in [-0.25, -0.2) is 0 Å². The molecule has 1 aliphatic carbocycles. The van der Waals surface area contributed by atoms with Crippen molar-refractivity contribution in [2.45, 2.75) is 31.7 Å². The van der Waals surface area contributed by atoms with Crippen LogP contribution < -0.4 is 5.32 Å². The fourth-order valence-corrected chi connectivity index (χ4v) is 3.44. The molecule has 3 rings (SSSR count). The van der Waals surface area contributed by atoms with Gasteiger partial charge in [-0.2, -0.15) is 0 Å². The smallest absolute Gasteiger partial charge is 0.227 e. The average Bonchev–Trinajstić information content (AvgIpc) is 2.99. The Labute approximate surface area is 115 Å². The Morgan fingerprint density at radius 2 is 2.16 bits per heavy atom. The van der Waals surface area contributed by atoms with E-state index in [1.807, 2.05) is 11.9 Å². The summed E-state index contributed by atoms with van der Waals surface area (Å²) in [6.45, 7) is 1.82. The van der Waals surface area contributed by atoms with Gasteiger partial charge in [0.15, 0.2) is 0 Å². The van der Waals surface area contributed by atoms with E-state index in [1.54, 1.807) is 0 Å². The summed E-state index contributed by atoms with van der Waals surface area (Å²) in [5.74, 6) is 0.491. The fraction of sp³-hybridized carbons (Fsp3) is 0.562. The molecule has 3 heteroatoms. The molecule has 0 saturated carbocycles. The van der Waals surface area contributed by atoms with Crippen LogP contribution in [0.2, 0.25) is 0 Å². The van der Waals surface area contributed by atoms with Crippen molar-refractivity contribution < 1.29 is 4.79 Å². The Bertz CT molecular complexity index is 466. The molecule has 1 aliphatic heterocycles. The molecule has 1 aromatic rings. The zero-order valence-electron chi connectivity index (χ0n) is 11.6. The SMILES string of the molecule is CN(C(=O)C1CCNC1)C1CCCc2ccccc21. The van der Waals surface area contributed by atoms with Gasteiger partial charge < -0.3 is 10.2 Å². The maximum absolute atomic E-state index is 12.5. The van der Waals surface area contributed by atoms with Crippen LogP contribution in [0, 0.1) is 5.92 Å². The summed E-state index contributed by atoms with van der Waals surface area (Å²) in [4.78, 5) is 14.5. The van der Waals surface area contributed by atoms with Gasteiger partial charge in [-0.05, 0) is 43.4 Å². The van der Waals surface area contributed by atoms with Crippen molar-refractivity contribution in [3.05, 3.63) is 35.4 Å². The van der Waals surface area contributed by atoms with E-state index < -0.39 is 0 Å². The van der Waals surface area contributed by atoms with Gasteiger partial charge in [-0.15, -0.1) is 0 Å². The van der Waals surface area contributed by atoms with Crippen molar-refractivity contribution in [1.29, 1.82) is 0 Å². The summed E-state index contributed by atoms with van der Waals surface area (Å²) < 4.78 is 0. The van der Waals surface area contributed by atoms with Crippen molar-refractivity contribution in [3.63, 3.8) is 0 Å². The molecule has 0 radical (unpaired) electrons. The highest BCUT2D eigenvalue weighted by atomic mass is 16.2. The van der Waals surface area contributed by atoms with Gasteiger partial charge in [0.25, 0.3) is 0 Å². The standard InChI is InChI=1S/C16H22N2O/c1-18(16(19)13-9-10-17-11-13)15-8-4-6-12-5-2-3-7-14(12)15/h2-3,5,7,13,15,17H,4,6,8-11H2,1H3. The molecule has 3 nitrogen and oxygen atoms in total. The molecular formula is C16H22N2O. The molecule has 1 heterocycles. The number of hydrogen-bond donors (Lipinski definition) is 1. The first-order valence-corrected chi connectivity index (χ1v) is 7.32. The summed E-state index contributed by atoms with van der Waals surface area (Å²) in [6.07, 6.45) is 4.42. The fourth-order valence-electron chi connectivity index (χ4n) is 3.44. The highest BCUT2D eigenvalue weighted by molar-refractivity contribution is 5.79. The topological polar surface area (TPSA) is 32.3 Å². The first-order valence-electron chi connectivity index (χ1n) is 7.32. The molecule has 2 unspecified atom stereocenters. The molecule has 1 aromatic carbocycles. The van der Waals surface area contributed by atoms with Crippen molar-refractivity contribution in [3.8, 4) is 0 Å².